The Morgan fingerprint density at radius 1 is 1.18 bits per heavy atom. The molecule has 3 rings (SSSR count). The Labute approximate surface area is 180 Å². The first kappa shape index (κ1) is 22.4. The van der Waals surface area contributed by atoms with Crippen molar-refractivity contribution in [2.45, 2.75) is 6.42 Å². The van der Waals surface area contributed by atoms with E-state index in [4.69, 9.17) is 21.3 Å². The predicted molar refractivity (Wildman–Crippen MR) is 120 cm³/mol. The molecule has 0 atom stereocenters. The molecule has 0 spiro atoms. The number of aromatic nitrogens is 1. The van der Waals surface area contributed by atoms with Crippen molar-refractivity contribution < 1.29 is 9.53 Å². The Balaban J connectivity index is 0.00000280. The van der Waals surface area contributed by atoms with Crippen LogP contribution < -0.4 is 9.64 Å². The third kappa shape index (κ3) is 5.14. The number of ether oxygens (including phenoxy) is 1. The Bertz CT molecular complexity index is 946. The monoisotopic (exact) mass is 439 g/mol. The molecule has 0 unspecified atom stereocenters. The lowest BCUT2D eigenvalue weighted by Crippen LogP contribution is -2.33. The quantitative estimate of drug-likeness (QED) is 0.520. The Kier molecular flexibility index (Phi) is 8.07. The van der Waals surface area contributed by atoms with Crippen LogP contribution in [0.2, 0.25) is 5.02 Å². The number of anilines is 1. The van der Waals surface area contributed by atoms with Gasteiger partial charge in [-0.15, -0.1) is 12.4 Å². The van der Waals surface area contributed by atoms with Gasteiger partial charge in [-0.3, -0.25) is 9.69 Å². The zero-order valence-electron chi connectivity index (χ0n) is 16.0. The smallest absolute Gasteiger partial charge is 0.260 e. The molecule has 28 heavy (non-hydrogen) atoms. The zero-order chi connectivity index (χ0) is 19.4. The lowest BCUT2D eigenvalue weighted by atomic mass is 10.2. The summed E-state index contributed by atoms with van der Waals surface area (Å²) in [6.45, 7) is 1.46. The minimum absolute atomic E-state index is 0. The van der Waals surface area contributed by atoms with Gasteiger partial charge < -0.3 is 9.64 Å². The molecule has 0 radical (unpaired) electrons. The molecule has 8 heteroatoms. The molecule has 0 N–H and O–H groups in total. The number of methoxy groups -OCH3 is 1. The molecular weight excluding hydrogens is 417 g/mol. The summed E-state index contributed by atoms with van der Waals surface area (Å²) in [6, 6.07) is 12.8. The lowest BCUT2D eigenvalue weighted by Gasteiger charge is -2.21. The van der Waals surface area contributed by atoms with Gasteiger partial charge >= 0.3 is 0 Å². The predicted octanol–water partition coefficient (Wildman–Crippen LogP) is 4.98. The van der Waals surface area contributed by atoms with E-state index < -0.39 is 0 Å². The third-order valence-corrected chi connectivity index (χ3v) is 5.40. The van der Waals surface area contributed by atoms with E-state index in [9.17, 15) is 4.79 Å². The topological polar surface area (TPSA) is 45.7 Å². The van der Waals surface area contributed by atoms with E-state index in [1.807, 2.05) is 32.3 Å². The number of carbonyl (C=O) groups is 1. The summed E-state index contributed by atoms with van der Waals surface area (Å²) in [5.74, 6) is 0.604. The van der Waals surface area contributed by atoms with Crippen molar-refractivity contribution in [1.82, 2.24) is 9.88 Å². The van der Waals surface area contributed by atoms with E-state index in [-0.39, 0.29) is 18.3 Å². The van der Waals surface area contributed by atoms with Crippen LogP contribution in [-0.2, 0) is 0 Å². The second kappa shape index (κ2) is 10.1. The van der Waals surface area contributed by atoms with Crippen LogP contribution in [0.3, 0.4) is 0 Å². The average molecular weight is 440 g/mol. The molecule has 150 valence electrons. The van der Waals surface area contributed by atoms with Gasteiger partial charge in [-0.2, -0.15) is 0 Å². The molecule has 0 saturated heterocycles. The van der Waals surface area contributed by atoms with Crippen molar-refractivity contribution in [3.05, 3.63) is 53.1 Å². The molecule has 0 aliphatic rings. The van der Waals surface area contributed by atoms with Crippen LogP contribution >= 0.6 is 35.3 Å². The average Bonchev–Trinajstić information content (AvgIpc) is 3.08. The molecule has 0 fully saturated rings. The number of fused-ring (bicyclic) bond motifs is 1. The minimum Gasteiger partial charge on any atom is -0.494 e. The van der Waals surface area contributed by atoms with Gasteiger partial charge in [-0.25, -0.2) is 4.98 Å². The fourth-order valence-corrected chi connectivity index (χ4v) is 4.00. The first-order valence-electron chi connectivity index (χ1n) is 8.65. The number of nitrogens with zero attached hydrogens (tertiary/aromatic N) is 3. The SMILES string of the molecule is COc1cccc2sc(N(CCCN(C)C)C(=O)c3cccc(Cl)c3)nc12.Cl. The second-order valence-corrected chi connectivity index (χ2v) is 7.87. The summed E-state index contributed by atoms with van der Waals surface area (Å²) in [5, 5.41) is 1.21. The van der Waals surface area contributed by atoms with Crippen LogP contribution in [0, 0.1) is 0 Å². The van der Waals surface area contributed by atoms with Crippen LogP contribution in [-0.4, -0.2) is 50.1 Å². The standard InChI is InChI=1S/C20H22ClN3O2S.ClH/c1-23(2)11-6-12-24(19(25)14-7-4-8-15(21)13-14)20-22-18-16(26-3)9-5-10-17(18)27-20;/h4-5,7-10,13H,6,11-12H2,1-3H3;1H. The molecule has 0 aliphatic heterocycles. The number of amides is 1. The molecule has 0 bridgehead atoms. The van der Waals surface area contributed by atoms with Gasteiger partial charge in [0.2, 0.25) is 0 Å². The van der Waals surface area contributed by atoms with Gasteiger partial charge in [0, 0.05) is 17.1 Å². The first-order valence-corrected chi connectivity index (χ1v) is 9.84. The van der Waals surface area contributed by atoms with Crippen LogP contribution in [0.15, 0.2) is 42.5 Å². The lowest BCUT2D eigenvalue weighted by molar-refractivity contribution is 0.0986. The molecule has 2 aromatic carbocycles. The summed E-state index contributed by atoms with van der Waals surface area (Å²) in [7, 11) is 5.66. The van der Waals surface area contributed by atoms with E-state index in [1.54, 1.807) is 36.3 Å². The molecular formula is C20H23Cl2N3O2S. The zero-order valence-corrected chi connectivity index (χ0v) is 18.4. The number of benzene rings is 2. The Morgan fingerprint density at radius 2 is 1.93 bits per heavy atom. The molecule has 0 saturated carbocycles. The molecule has 1 heterocycles. The Hall–Kier alpha value is -1.86. The minimum atomic E-state index is -0.103. The number of halogens is 2. The van der Waals surface area contributed by atoms with Crippen LogP contribution in [0.5, 0.6) is 5.75 Å². The summed E-state index contributed by atoms with van der Waals surface area (Å²) < 4.78 is 6.40. The fraction of sp³-hybridized carbons (Fsp3) is 0.300. The van der Waals surface area contributed by atoms with E-state index in [0.29, 0.717) is 28.0 Å². The maximum Gasteiger partial charge on any atom is 0.260 e. The van der Waals surface area contributed by atoms with E-state index in [2.05, 4.69) is 4.90 Å². The Morgan fingerprint density at radius 3 is 2.61 bits per heavy atom. The normalized spacial score (nSPS) is 10.8. The van der Waals surface area contributed by atoms with E-state index >= 15 is 0 Å². The van der Waals surface area contributed by atoms with E-state index in [1.165, 1.54) is 11.3 Å². The summed E-state index contributed by atoms with van der Waals surface area (Å²) >= 11 is 7.57. The van der Waals surface area contributed by atoms with Crippen LogP contribution in [0.4, 0.5) is 5.13 Å². The van der Waals surface area contributed by atoms with Crippen molar-refractivity contribution >= 4 is 56.6 Å². The van der Waals surface area contributed by atoms with Crippen molar-refractivity contribution in [3.8, 4) is 5.75 Å². The summed E-state index contributed by atoms with van der Waals surface area (Å²) in [6.07, 6.45) is 0.840. The number of para-hydroxylation sites is 1. The summed E-state index contributed by atoms with van der Waals surface area (Å²) in [4.78, 5) is 21.7. The highest BCUT2D eigenvalue weighted by Gasteiger charge is 2.22. The molecule has 0 aliphatic carbocycles. The van der Waals surface area contributed by atoms with E-state index in [0.717, 1.165) is 23.2 Å². The van der Waals surface area contributed by atoms with Gasteiger partial charge in [0.1, 0.15) is 11.3 Å². The fourth-order valence-electron chi connectivity index (χ4n) is 2.80. The molecule has 5 nitrogen and oxygen atoms in total. The maximum atomic E-state index is 13.2. The first-order chi connectivity index (χ1) is 13.0. The second-order valence-electron chi connectivity index (χ2n) is 6.43. The third-order valence-electron chi connectivity index (χ3n) is 4.13. The van der Waals surface area contributed by atoms with Crippen molar-refractivity contribution in [2.75, 3.05) is 39.2 Å². The largest absolute Gasteiger partial charge is 0.494 e. The molecule has 3 aromatic rings. The summed E-state index contributed by atoms with van der Waals surface area (Å²) in [5.41, 5.74) is 1.33. The highest BCUT2D eigenvalue weighted by Crippen LogP contribution is 2.34. The van der Waals surface area contributed by atoms with Gasteiger partial charge in [0.05, 0.1) is 11.8 Å². The number of hydrogen-bond donors (Lipinski definition) is 0. The van der Waals surface area contributed by atoms with Gasteiger partial charge in [0.25, 0.3) is 5.91 Å². The van der Waals surface area contributed by atoms with Gasteiger partial charge in [-0.05, 0) is 57.4 Å². The molecule has 1 aromatic heterocycles. The van der Waals surface area contributed by atoms with Crippen LogP contribution in [0.25, 0.3) is 10.2 Å². The maximum absolute atomic E-state index is 13.2. The van der Waals surface area contributed by atoms with Gasteiger partial charge in [0.15, 0.2) is 5.13 Å². The number of carbonyl (C=O) groups excluding carboxylic acids is 1. The highest BCUT2D eigenvalue weighted by molar-refractivity contribution is 7.22. The van der Waals surface area contributed by atoms with Crippen molar-refractivity contribution in [2.24, 2.45) is 0 Å². The number of hydrogen-bond acceptors (Lipinski definition) is 5. The van der Waals surface area contributed by atoms with Crippen molar-refractivity contribution in [1.29, 1.82) is 0 Å². The van der Waals surface area contributed by atoms with Gasteiger partial charge in [-0.1, -0.05) is 35.1 Å². The number of rotatable bonds is 7. The van der Waals surface area contributed by atoms with Crippen LogP contribution in [0.1, 0.15) is 16.8 Å². The highest BCUT2D eigenvalue weighted by atomic mass is 35.5. The molecule has 1 amide bonds. The number of thiazole rings is 1. The van der Waals surface area contributed by atoms with Crippen molar-refractivity contribution in [3.63, 3.8) is 0 Å².